The van der Waals surface area contributed by atoms with Crippen LogP contribution >= 0.6 is 0 Å². The number of carbonyl (C=O) groups is 1. The van der Waals surface area contributed by atoms with E-state index >= 15 is 0 Å². The first-order chi connectivity index (χ1) is 7.69. The first-order valence-corrected chi connectivity index (χ1v) is 6.74. The Kier molecular flexibility index (Phi) is 4.59. The molecule has 17 heavy (non-hydrogen) atoms. The van der Waals surface area contributed by atoms with Crippen LogP contribution in [0.4, 0.5) is 0 Å². The Morgan fingerprint density at radius 1 is 1.41 bits per heavy atom. The molecule has 100 valence electrons. The summed E-state index contributed by atoms with van der Waals surface area (Å²) < 4.78 is 0. The second-order valence-corrected chi connectivity index (χ2v) is 6.96. The Bertz CT molecular complexity index is 270. The Labute approximate surface area is 106 Å². The van der Waals surface area contributed by atoms with E-state index in [9.17, 15) is 4.79 Å². The zero-order chi connectivity index (χ0) is 13.2. The largest absolute Gasteiger partial charge is 0.340 e. The second-order valence-electron chi connectivity index (χ2n) is 6.96. The van der Waals surface area contributed by atoms with Crippen LogP contribution in [0.15, 0.2) is 0 Å². The third-order valence-electron chi connectivity index (χ3n) is 3.42. The average Bonchev–Trinajstić information content (AvgIpc) is 2.41. The van der Waals surface area contributed by atoms with Gasteiger partial charge in [-0.3, -0.25) is 4.79 Å². The third kappa shape index (κ3) is 4.66. The summed E-state index contributed by atoms with van der Waals surface area (Å²) in [6.07, 6.45) is 2.52. The Hall–Kier alpha value is -0.570. The molecule has 1 heterocycles. The van der Waals surface area contributed by atoms with Gasteiger partial charge >= 0.3 is 0 Å². The first-order valence-electron chi connectivity index (χ1n) is 6.74. The van der Waals surface area contributed by atoms with E-state index in [-0.39, 0.29) is 17.4 Å². The molecular weight excluding hydrogens is 212 g/mol. The molecule has 1 aliphatic heterocycles. The number of rotatable bonds is 3. The smallest absolute Gasteiger partial charge is 0.224 e. The number of hydrogen-bond acceptors (Lipinski definition) is 2. The van der Waals surface area contributed by atoms with Crippen molar-refractivity contribution in [2.75, 3.05) is 6.54 Å². The number of carbonyl (C=O) groups excluding carboxylic acids is 1. The number of hydrogen-bond donors (Lipinski definition) is 1. The zero-order valence-corrected chi connectivity index (χ0v) is 12.0. The van der Waals surface area contributed by atoms with Crippen LogP contribution in [0.2, 0.25) is 0 Å². The van der Waals surface area contributed by atoms with E-state index in [1.54, 1.807) is 0 Å². The normalized spacial score (nSPS) is 27.3. The van der Waals surface area contributed by atoms with Gasteiger partial charge in [-0.2, -0.15) is 0 Å². The molecule has 0 aromatic carbocycles. The molecule has 3 nitrogen and oxygen atoms in total. The van der Waals surface area contributed by atoms with E-state index in [1.807, 2.05) is 4.90 Å². The molecule has 1 fully saturated rings. The van der Waals surface area contributed by atoms with E-state index in [1.165, 1.54) is 0 Å². The van der Waals surface area contributed by atoms with Gasteiger partial charge in [0.05, 0.1) is 0 Å². The maximum Gasteiger partial charge on any atom is 0.224 e. The van der Waals surface area contributed by atoms with E-state index in [2.05, 4.69) is 34.6 Å². The van der Waals surface area contributed by atoms with Crippen LogP contribution in [-0.2, 0) is 4.79 Å². The van der Waals surface area contributed by atoms with Gasteiger partial charge in [-0.15, -0.1) is 0 Å². The maximum absolute atomic E-state index is 12.1. The lowest BCUT2D eigenvalue weighted by Gasteiger charge is -2.26. The standard InChI is InChI=1S/C14H28N2O/c1-10-6-11(2)16(9-10)13(17)7-12(15)8-14(3,4)5/h10-12H,6-9,15H2,1-5H3. The molecule has 1 rings (SSSR count). The summed E-state index contributed by atoms with van der Waals surface area (Å²) >= 11 is 0. The number of nitrogens with zero attached hydrogens (tertiary/aromatic N) is 1. The van der Waals surface area contributed by atoms with Gasteiger partial charge in [-0.25, -0.2) is 0 Å². The van der Waals surface area contributed by atoms with Gasteiger partial charge in [0.1, 0.15) is 0 Å². The van der Waals surface area contributed by atoms with Crippen LogP contribution in [0, 0.1) is 11.3 Å². The maximum atomic E-state index is 12.1. The van der Waals surface area contributed by atoms with Crippen LogP contribution in [0.5, 0.6) is 0 Å². The lowest BCUT2D eigenvalue weighted by atomic mass is 9.87. The van der Waals surface area contributed by atoms with Gasteiger partial charge in [-0.1, -0.05) is 27.7 Å². The topological polar surface area (TPSA) is 46.3 Å². The molecule has 1 amide bonds. The molecule has 0 radical (unpaired) electrons. The van der Waals surface area contributed by atoms with Crippen molar-refractivity contribution in [2.24, 2.45) is 17.1 Å². The lowest BCUT2D eigenvalue weighted by Crippen LogP contribution is -2.39. The number of nitrogens with two attached hydrogens (primary N) is 1. The van der Waals surface area contributed by atoms with Gasteiger partial charge in [0.15, 0.2) is 0 Å². The first kappa shape index (κ1) is 14.5. The minimum Gasteiger partial charge on any atom is -0.340 e. The zero-order valence-electron chi connectivity index (χ0n) is 12.0. The van der Waals surface area contributed by atoms with E-state index < -0.39 is 0 Å². The molecule has 3 heteroatoms. The van der Waals surface area contributed by atoms with Gasteiger partial charge in [0.2, 0.25) is 5.91 Å². The van der Waals surface area contributed by atoms with Crippen LogP contribution in [-0.4, -0.2) is 29.4 Å². The molecule has 0 aromatic heterocycles. The van der Waals surface area contributed by atoms with Crippen molar-refractivity contribution in [3.63, 3.8) is 0 Å². The predicted octanol–water partition coefficient (Wildman–Crippen LogP) is 2.40. The quantitative estimate of drug-likeness (QED) is 0.823. The molecule has 0 spiro atoms. The summed E-state index contributed by atoms with van der Waals surface area (Å²) in [5, 5.41) is 0. The third-order valence-corrected chi connectivity index (χ3v) is 3.42. The highest BCUT2D eigenvalue weighted by Crippen LogP contribution is 2.25. The van der Waals surface area contributed by atoms with Gasteiger partial charge < -0.3 is 10.6 Å². The van der Waals surface area contributed by atoms with Crippen molar-refractivity contribution >= 4 is 5.91 Å². The highest BCUT2D eigenvalue weighted by Gasteiger charge is 2.30. The summed E-state index contributed by atoms with van der Waals surface area (Å²) in [7, 11) is 0. The van der Waals surface area contributed by atoms with Crippen LogP contribution in [0.1, 0.15) is 53.9 Å². The minimum absolute atomic E-state index is 0.00870. The van der Waals surface area contributed by atoms with Crippen LogP contribution < -0.4 is 5.73 Å². The molecule has 2 N–H and O–H groups in total. The molecule has 0 saturated carbocycles. The van der Waals surface area contributed by atoms with Gasteiger partial charge in [-0.05, 0) is 31.1 Å². The van der Waals surface area contributed by atoms with Crippen molar-refractivity contribution in [3.8, 4) is 0 Å². The molecule has 3 unspecified atom stereocenters. The van der Waals surface area contributed by atoms with Crippen molar-refractivity contribution in [3.05, 3.63) is 0 Å². The molecule has 1 aliphatic rings. The van der Waals surface area contributed by atoms with Crippen molar-refractivity contribution < 1.29 is 4.79 Å². The fourth-order valence-corrected chi connectivity index (χ4v) is 2.85. The summed E-state index contributed by atoms with van der Waals surface area (Å²) in [6.45, 7) is 11.7. The second kappa shape index (κ2) is 5.38. The minimum atomic E-state index is -0.00870. The molecule has 0 aliphatic carbocycles. The van der Waals surface area contributed by atoms with E-state index in [0.29, 0.717) is 18.4 Å². The van der Waals surface area contributed by atoms with Gasteiger partial charge in [0, 0.05) is 25.0 Å². The highest BCUT2D eigenvalue weighted by atomic mass is 16.2. The fraction of sp³-hybridized carbons (Fsp3) is 0.929. The number of likely N-dealkylation sites (tertiary alicyclic amines) is 1. The summed E-state index contributed by atoms with van der Waals surface area (Å²) in [5.41, 5.74) is 6.26. The van der Waals surface area contributed by atoms with Crippen LogP contribution in [0.25, 0.3) is 0 Å². The summed E-state index contributed by atoms with van der Waals surface area (Å²) in [6, 6.07) is 0.380. The molecular formula is C14H28N2O. The van der Waals surface area contributed by atoms with Crippen molar-refractivity contribution in [1.29, 1.82) is 0 Å². The molecule has 0 aromatic rings. The molecule has 3 atom stereocenters. The molecule has 0 bridgehead atoms. The summed E-state index contributed by atoms with van der Waals surface area (Å²) in [4.78, 5) is 14.2. The van der Waals surface area contributed by atoms with Crippen molar-refractivity contribution in [2.45, 2.75) is 66.0 Å². The average molecular weight is 240 g/mol. The SMILES string of the molecule is CC1CC(C)N(C(=O)CC(N)CC(C)(C)C)C1. The highest BCUT2D eigenvalue weighted by molar-refractivity contribution is 5.77. The molecule has 1 saturated heterocycles. The Balaban J connectivity index is 2.44. The predicted molar refractivity (Wildman–Crippen MR) is 71.6 cm³/mol. The Morgan fingerprint density at radius 2 is 2.00 bits per heavy atom. The summed E-state index contributed by atoms with van der Waals surface area (Å²) in [5.74, 6) is 0.867. The van der Waals surface area contributed by atoms with Crippen molar-refractivity contribution in [1.82, 2.24) is 4.90 Å². The Morgan fingerprint density at radius 3 is 2.41 bits per heavy atom. The van der Waals surface area contributed by atoms with E-state index in [4.69, 9.17) is 5.73 Å². The van der Waals surface area contributed by atoms with Gasteiger partial charge in [0.25, 0.3) is 0 Å². The monoisotopic (exact) mass is 240 g/mol. The lowest BCUT2D eigenvalue weighted by molar-refractivity contribution is -0.132. The fourth-order valence-electron chi connectivity index (χ4n) is 2.85. The van der Waals surface area contributed by atoms with E-state index in [0.717, 1.165) is 19.4 Å². The van der Waals surface area contributed by atoms with Crippen LogP contribution in [0.3, 0.4) is 0 Å². The number of amides is 1.